The lowest BCUT2D eigenvalue weighted by molar-refractivity contribution is 0.166. The Bertz CT molecular complexity index is 404. The van der Waals surface area contributed by atoms with E-state index in [9.17, 15) is 4.79 Å². The van der Waals surface area contributed by atoms with Gasteiger partial charge in [-0.2, -0.15) is 0 Å². The quantitative estimate of drug-likeness (QED) is 0.859. The third-order valence-corrected chi connectivity index (χ3v) is 2.72. The topological polar surface area (TPSA) is 61.8 Å². The second kappa shape index (κ2) is 6.99. The molecule has 1 unspecified atom stereocenters. The number of rotatable bonds is 5. The van der Waals surface area contributed by atoms with Crippen molar-refractivity contribution in [3.8, 4) is 5.75 Å². The highest BCUT2D eigenvalue weighted by atomic mass is 16.5. The molecular formula is C14H22N2O3. The molecular weight excluding hydrogens is 244 g/mol. The summed E-state index contributed by atoms with van der Waals surface area (Å²) in [5.74, 6) is 0.769. The van der Waals surface area contributed by atoms with Gasteiger partial charge in [0.25, 0.3) is 0 Å². The van der Waals surface area contributed by atoms with E-state index in [1.165, 1.54) is 4.90 Å². The lowest BCUT2D eigenvalue weighted by atomic mass is 10.3. The van der Waals surface area contributed by atoms with Gasteiger partial charge in [-0.25, -0.2) is 4.79 Å². The number of likely N-dealkylation sites (N-methyl/N-ethyl adjacent to an activating group) is 1. The Morgan fingerprint density at radius 1 is 1.32 bits per heavy atom. The number of ether oxygens (including phenoxy) is 1. The highest BCUT2D eigenvalue weighted by Crippen LogP contribution is 2.17. The van der Waals surface area contributed by atoms with Crippen LogP contribution in [0, 0.1) is 0 Å². The lowest BCUT2D eigenvalue weighted by Crippen LogP contribution is -2.40. The van der Waals surface area contributed by atoms with E-state index < -0.39 is 0 Å². The molecule has 0 aliphatic carbocycles. The number of hydrogen-bond donors (Lipinski definition) is 2. The summed E-state index contributed by atoms with van der Waals surface area (Å²) < 4.78 is 5.52. The number of nitrogens with zero attached hydrogens (tertiary/aromatic N) is 1. The largest absolute Gasteiger partial charge is 0.491 e. The van der Waals surface area contributed by atoms with E-state index in [2.05, 4.69) is 5.32 Å². The van der Waals surface area contributed by atoms with E-state index in [1.807, 2.05) is 26.0 Å². The first-order chi connectivity index (χ1) is 8.93. The van der Waals surface area contributed by atoms with Crippen LogP contribution in [0.3, 0.4) is 0 Å². The van der Waals surface area contributed by atoms with Crippen molar-refractivity contribution in [1.29, 1.82) is 0 Å². The summed E-state index contributed by atoms with van der Waals surface area (Å²) in [6.45, 7) is 5.63. The fraction of sp³-hybridized carbons (Fsp3) is 0.500. The lowest BCUT2D eigenvalue weighted by Gasteiger charge is -2.23. The number of benzene rings is 1. The maximum Gasteiger partial charge on any atom is 0.321 e. The van der Waals surface area contributed by atoms with Crippen LogP contribution >= 0.6 is 0 Å². The van der Waals surface area contributed by atoms with Crippen molar-refractivity contribution < 1.29 is 14.6 Å². The summed E-state index contributed by atoms with van der Waals surface area (Å²) >= 11 is 0. The van der Waals surface area contributed by atoms with Crippen LogP contribution in [-0.2, 0) is 0 Å². The van der Waals surface area contributed by atoms with Crippen molar-refractivity contribution in [2.75, 3.05) is 19.0 Å². The van der Waals surface area contributed by atoms with Crippen LogP contribution in [0.1, 0.15) is 20.8 Å². The van der Waals surface area contributed by atoms with Gasteiger partial charge in [-0.3, -0.25) is 0 Å². The van der Waals surface area contributed by atoms with Crippen molar-refractivity contribution in [3.05, 3.63) is 24.3 Å². The number of amides is 2. The van der Waals surface area contributed by atoms with E-state index in [-0.39, 0.29) is 24.8 Å². The number of hydrogen-bond acceptors (Lipinski definition) is 3. The SMILES string of the molecule is CC(C)Oc1ccc(NC(=O)N(C)C(C)CO)cc1. The highest BCUT2D eigenvalue weighted by Gasteiger charge is 2.14. The van der Waals surface area contributed by atoms with Crippen molar-refractivity contribution in [2.24, 2.45) is 0 Å². The number of aliphatic hydroxyl groups excluding tert-OH is 1. The molecule has 0 radical (unpaired) electrons. The van der Waals surface area contributed by atoms with E-state index in [1.54, 1.807) is 26.1 Å². The van der Waals surface area contributed by atoms with Gasteiger partial charge in [-0.1, -0.05) is 0 Å². The van der Waals surface area contributed by atoms with Crippen molar-refractivity contribution in [3.63, 3.8) is 0 Å². The van der Waals surface area contributed by atoms with Crippen LogP contribution in [0.2, 0.25) is 0 Å². The summed E-state index contributed by atoms with van der Waals surface area (Å²) in [6.07, 6.45) is 0.122. The maximum absolute atomic E-state index is 11.8. The standard InChI is InChI=1S/C14H22N2O3/c1-10(2)19-13-7-5-12(6-8-13)15-14(18)16(4)11(3)9-17/h5-8,10-11,17H,9H2,1-4H3,(H,15,18). The van der Waals surface area contributed by atoms with Gasteiger partial charge in [0.05, 0.1) is 18.8 Å². The first kappa shape index (κ1) is 15.3. The van der Waals surface area contributed by atoms with E-state index >= 15 is 0 Å². The monoisotopic (exact) mass is 266 g/mol. The molecule has 0 aromatic heterocycles. The van der Waals surface area contributed by atoms with Gasteiger partial charge in [-0.05, 0) is 45.0 Å². The molecule has 1 rings (SSSR count). The second-order valence-corrected chi connectivity index (χ2v) is 4.76. The average molecular weight is 266 g/mol. The Kier molecular flexibility index (Phi) is 5.63. The van der Waals surface area contributed by atoms with Gasteiger partial charge in [0.2, 0.25) is 0 Å². The number of carbonyl (C=O) groups is 1. The van der Waals surface area contributed by atoms with Crippen molar-refractivity contribution in [2.45, 2.75) is 32.9 Å². The maximum atomic E-state index is 11.8. The summed E-state index contributed by atoms with van der Waals surface area (Å²) in [7, 11) is 1.65. The zero-order chi connectivity index (χ0) is 14.4. The predicted octanol–water partition coefficient (Wildman–Crippen LogP) is 2.32. The molecule has 2 amide bonds. The third-order valence-electron chi connectivity index (χ3n) is 2.72. The molecule has 106 valence electrons. The Balaban J connectivity index is 2.60. The molecule has 1 aromatic rings. The first-order valence-electron chi connectivity index (χ1n) is 6.35. The minimum absolute atomic E-state index is 0.0644. The van der Waals surface area contributed by atoms with Crippen LogP contribution in [0.15, 0.2) is 24.3 Å². The molecule has 5 nitrogen and oxygen atoms in total. The van der Waals surface area contributed by atoms with Crippen molar-refractivity contribution in [1.82, 2.24) is 4.90 Å². The summed E-state index contributed by atoms with van der Waals surface area (Å²) in [5.41, 5.74) is 0.693. The molecule has 0 aliphatic rings. The second-order valence-electron chi connectivity index (χ2n) is 4.76. The zero-order valence-corrected chi connectivity index (χ0v) is 11.9. The summed E-state index contributed by atoms with van der Waals surface area (Å²) in [6, 6.07) is 6.72. The molecule has 2 N–H and O–H groups in total. The number of aliphatic hydroxyl groups is 1. The molecule has 1 atom stereocenters. The Hall–Kier alpha value is -1.75. The first-order valence-corrected chi connectivity index (χ1v) is 6.35. The van der Waals surface area contributed by atoms with Crippen molar-refractivity contribution >= 4 is 11.7 Å². The smallest absolute Gasteiger partial charge is 0.321 e. The predicted molar refractivity (Wildman–Crippen MR) is 75.5 cm³/mol. The normalized spacial score (nSPS) is 12.1. The highest BCUT2D eigenvalue weighted by molar-refractivity contribution is 5.89. The van der Waals surface area contributed by atoms with Gasteiger partial charge >= 0.3 is 6.03 Å². The van der Waals surface area contributed by atoms with Gasteiger partial charge < -0.3 is 20.1 Å². The number of nitrogens with one attached hydrogen (secondary N) is 1. The van der Waals surface area contributed by atoms with Crippen LogP contribution < -0.4 is 10.1 Å². The number of carbonyl (C=O) groups excluding carboxylic acids is 1. The number of urea groups is 1. The molecule has 0 heterocycles. The fourth-order valence-electron chi connectivity index (χ4n) is 1.42. The van der Waals surface area contributed by atoms with Gasteiger partial charge in [-0.15, -0.1) is 0 Å². The zero-order valence-electron chi connectivity index (χ0n) is 11.9. The molecule has 0 spiro atoms. The molecule has 1 aromatic carbocycles. The van der Waals surface area contributed by atoms with E-state index in [0.29, 0.717) is 5.69 Å². The molecule has 0 bridgehead atoms. The van der Waals surface area contributed by atoms with E-state index in [0.717, 1.165) is 5.75 Å². The minimum atomic E-state index is -0.251. The third kappa shape index (κ3) is 4.79. The molecule has 0 saturated carbocycles. The van der Waals surface area contributed by atoms with E-state index in [4.69, 9.17) is 9.84 Å². The van der Waals surface area contributed by atoms with Crippen LogP contribution in [0.4, 0.5) is 10.5 Å². The molecule has 0 fully saturated rings. The minimum Gasteiger partial charge on any atom is -0.491 e. The van der Waals surface area contributed by atoms with Gasteiger partial charge in [0.15, 0.2) is 0 Å². The molecule has 19 heavy (non-hydrogen) atoms. The van der Waals surface area contributed by atoms with Crippen LogP contribution in [0.5, 0.6) is 5.75 Å². The molecule has 0 aliphatic heterocycles. The number of anilines is 1. The average Bonchev–Trinajstić information content (AvgIpc) is 2.38. The van der Waals surface area contributed by atoms with Crippen LogP contribution in [0.25, 0.3) is 0 Å². The van der Waals surface area contributed by atoms with Crippen LogP contribution in [-0.4, -0.2) is 41.8 Å². The molecule has 5 heteroatoms. The van der Waals surface area contributed by atoms with Gasteiger partial charge in [0.1, 0.15) is 5.75 Å². The Morgan fingerprint density at radius 2 is 1.89 bits per heavy atom. The summed E-state index contributed by atoms with van der Waals surface area (Å²) in [5, 5.41) is 11.8. The summed E-state index contributed by atoms with van der Waals surface area (Å²) in [4.78, 5) is 13.3. The molecule has 0 saturated heterocycles. The Labute approximate surface area is 114 Å². The van der Waals surface area contributed by atoms with Gasteiger partial charge in [0, 0.05) is 12.7 Å². The Morgan fingerprint density at radius 3 is 2.37 bits per heavy atom. The fourth-order valence-corrected chi connectivity index (χ4v) is 1.42.